The smallest absolute Gasteiger partial charge is 0.310 e. The Morgan fingerprint density at radius 1 is 0.960 bits per heavy atom. The number of fused-ring (bicyclic) bond motifs is 1. The standard InChI is InChI=1S/C19H17NO5/c1-13-6-2-5-9-16(13)24-11-10-17(21)25-12-20-18(22)14-7-3-4-8-15(14)19(20)23/h2-9H,10-12H2,1H3. The first-order valence-corrected chi connectivity index (χ1v) is 7.87. The number of amides is 2. The molecule has 25 heavy (non-hydrogen) atoms. The van der Waals surface area contributed by atoms with Crippen LogP contribution in [0, 0.1) is 6.92 Å². The van der Waals surface area contributed by atoms with E-state index in [2.05, 4.69) is 0 Å². The average Bonchev–Trinajstić information content (AvgIpc) is 2.86. The Bertz CT molecular complexity index is 795. The third-order valence-electron chi connectivity index (χ3n) is 3.89. The molecule has 6 nitrogen and oxygen atoms in total. The summed E-state index contributed by atoms with van der Waals surface area (Å²) in [6, 6.07) is 14.0. The van der Waals surface area contributed by atoms with Gasteiger partial charge in [-0.1, -0.05) is 30.3 Å². The van der Waals surface area contributed by atoms with Crippen molar-refractivity contribution < 1.29 is 23.9 Å². The minimum absolute atomic E-state index is 0.0253. The zero-order valence-electron chi connectivity index (χ0n) is 13.7. The molecule has 3 rings (SSSR count). The van der Waals surface area contributed by atoms with Crippen molar-refractivity contribution in [3.63, 3.8) is 0 Å². The highest BCUT2D eigenvalue weighted by molar-refractivity contribution is 6.21. The lowest BCUT2D eigenvalue weighted by Crippen LogP contribution is -2.33. The number of benzene rings is 2. The van der Waals surface area contributed by atoms with Crippen molar-refractivity contribution in [3.05, 3.63) is 65.2 Å². The van der Waals surface area contributed by atoms with Gasteiger partial charge in [0.05, 0.1) is 24.2 Å². The molecule has 0 spiro atoms. The van der Waals surface area contributed by atoms with E-state index >= 15 is 0 Å². The van der Waals surface area contributed by atoms with Crippen LogP contribution in [-0.2, 0) is 9.53 Å². The number of nitrogens with zero attached hydrogens (tertiary/aromatic N) is 1. The van der Waals surface area contributed by atoms with Gasteiger partial charge in [0.2, 0.25) is 0 Å². The van der Waals surface area contributed by atoms with E-state index in [0.29, 0.717) is 16.9 Å². The van der Waals surface area contributed by atoms with Gasteiger partial charge in [0.1, 0.15) is 5.75 Å². The van der Waals surface area contributed by atoms with Crippen LogP contribution >= 0.6 is 0 Å². The number of esters is 1. The molecule has 0 N–H and O–H groups in total. The molecule has 1 aliphatic heterocycles. The van der Waals surface area contributed by atoms with Crippen molar-refractivity contribution in [1.82, 2.24) is 4.90 Å². The summed E-state index contributed by atoms with van der Waals surface area (Å²) in [5.74, 6) is -0.741. The van der Waals surface area contributed by atoms with Crippen molar-refractivity contribution in [3.8, 4) is 5.75 Å². The summed E-state index contributed by atoms with van der Waals surface area (Å²) < 4.78 is 10.6. The Balaban J connectivity index is 1.48. The van der Waals surface area contributed by atoms with Gasteiger partial charge in [-0.2, -0.15) is 0 Å². The Kier molecular flexibility index (Phi) is 4.79. The second-order valence-electron chi connectivity index (χ2n) is 5.59. The quantitative estimate of drug-likeness (QED) is 0.597. The van der Waals surface area contributed by atoms with E-state index in [0.717, 1.165) is 10.5 Å². The van der Waals surface area contributed by atoms with Gasteiger partial charge < -0.3 is 9.47 Å². The van der Waals surface area contributed by atoms with Crippen LogP contribution in [0.1, 0.15) is 32.7 Å². The van der Waals surface area contributed by atoms with Gasteiger partial charge >= 0.3 is 5.97 Å². The lowest BCUT2D eigenvalue weighted by Gasteiger charge is -2.14. The number of ether oxygens (including phenoxy) is 2. The molecule has 0 aromatic heterocycles. The maximum Gasteiger partial charge on any atom is 0.310 e. The van der Waals surface area contributed by atoms with Crippen LogP contribution in [0.25, 0.3) is 0 Å². The van der Waals surface area contributed by atoms with Crippen LogP contribution in [0.15, 0.2) is 48.5 Å². The summed E-state index contributed by atoms with van der Waals surface area (Å²) in [6.45, 7) is 1.68. The average molecular weight is 339 g/mol. The number of para-hydroxylation sites is 1. The van der Waals surface area contributed by atoms with E-state index in [1.165, 1.54) is 0 Å². The van der Waals surface area contributed by atoms with Gasteiger partial charge in [0.25, 0.3) is 11.8 Å². The number of aryl methyl sites for hydroxylation is 1. The number of rotatable bonds is 6. The number of hydrogen-bond donors (Lipinski definition) is 0. The summed E-state index contributed by atoms with van der Waals surface area (Å²) in [5, 5.41) is 0. The summed E-state index contributed by atoms with van der Waals surface area (Å²) in [4.78, 5) is 37.0. The molecule has 1 heterocycles. The first-order valence-electron chi connectivity index (χ1n) is 7.87. The first kappa shape index (κ1) is 16.7. The lowest BCUT2D eigenvalue weighted by atomic mass is 10.1. The minimum atomic E-state index is -0.537. The molecule has 0 bridgehead atoms. The fourth-order valence-corrected chi connectivity index (χ4v) is 2.53. The molecule has 128 valence electrons. The third-order valence-corrected chi connectivity index (χ3v) is 3.89. The van der Waals surface area contributed by atoms with Crippen molar-refractivity contribution in [2.24, 2.45) is 0 Å². The van der Waals surface area contributed by atoms with E-state index in [-0.39, 0.29) is 13.0 Å². The Morgan fingerprint density at radius 2 is 1.56 bits per heavy atom. The molecular formula is C19H17NO5. The van der Waals surface area contributed by atoms with Crippen LogP contribution in [0.2, 0.25) is 0 Å². The van der Waals surface area contributed by atoms with Crippen molar-refractivity contribution in [2.45, 2.75) is 13.3 Å². The molecule has 2 aromatic rings. The van der Waals surface area contributed by atoms with Crippen LogP contribution in [0.5, 0.6) is 5.75 Å². The van der Waals surface area contributed by atoms with Crippen molar-refractivity contribution in [2.75, 3.05) is 13.3 Å². The number of imide groups is 1. The summed E-state index contributed by atoms with van der Waals surface area (Å²) in [5.41, 5.74) is 1.62. The second kappa shape index (κ2) is 7.17. The summed E-state index contributed by atoms with van der Waals surface area (Å²) in [7, 11) is 0. The fourth-order valence-electron chi connectivity index (χ4n) is 2.53. The zero-order valence-corrected chi connectivity index (χ0v) is 13.7. The monoisotopic (exact) mass is 339 g/mol. The van der Waals surface area contributed by atoms with Crippen molar-refractivity contribution >= 4 is 17.8 Å². The fraction of sp³-hybridized carbons (Fsp3) is 0.211. The van der Waals surface area contributed by atoms with Crippen LogP contribution < -0.4 is 4.74 Å². The van der Waals surface area contributed by atoms with Gasteiger partial charge in [-0.25, -0.2) is 4.90 Å². The molecule has 0 saturated heterocycles. The molecule has 1 aliphatic rings. The number of carbonyl (C=O) groups is 3. The maximum absolute atomic E-state index is 12.1. The summed E-state index contributed by atoms with van der Waals surface area (Å²) >= 11 is 0. The topological polar surface area (TPSA) is 72.9 Å². The van der Waals surface area contributed by atoms with E-state index in [1.54, 1.807) is 24.3 Å². The molecule has 2 aromatic carbocycles. The van der Waals surface area contributed by atoms with Crippen LogP contribution in [0.3, 0.4) is 0 Å². The SMILES string of the molecule is Cc1ccccc1OCCC(=O)OCN1C(=O)c2ccccc2C1=O. The third kappa shape index (κ3) is 3.52. The van der Waals surface area contributed by atoms with Gasteiger partial charge in [-0.15, -0.1) is 0 Å². The molecular weight excluding hydrogens is 322 g/mol. The molecule has 0 radical (unpaired) electrons. The summed E-state index contributed by atoms with van der Waals surface area (Å²) in [6.07, 6.45) is 0.0253. The number of carbonyl (C=O) groups excluding carboxylic acids is 3. The first-order chi connectivity index (χ1) is 12.1. The van der Waals surface area contributed by atoms with E-state index in [4.69, 9.17) is 9.47 Å². The van der Waals surface area contributed by atoms with Crippen LogP contribution in [0.4, 0.5) is 0 Å². The van der Waals surface area contributed by atoms with Gasteiger partial charge in [-0.05, 0) is 30.7 Å². The molecule has 0 saturated carbocycles. The van der Waals surface area contributed by atoms with E-state index in [1.807, 2.05) is 31.2 Å². The highest BCUT2D eigenvalue weighted by Crippen LogP contribution is 2.22. The Labute approximate surface area is 145 Å². The second-order valence-corrected chi connectivity index (χ2v) is 5.59. The number of hydrogen-bond acceptors (Lipinski definition) is 5. The minimum Gasteiger partial charge on any atom is -0.493 e. The Morgan fingerprint density at radius 3 is 2.20 bits per heavy atom. The molecule has 0 fully saturated rings. The molecule has 0 unspecified atom stereocenters. The van der Waals surface area contributed by atoms with Gasteiger partial charge in [-0.3, -0.25) is 14.4 Å². The van der Waals surface area contributed by atoms with E-state index < -0.39 is 24.5 Å². The normalized spacial score (nSPS) is 12.9. The molecule has 0 aliphatic carbocycles. The van der Waals surface area contributed by atoms with Gasteiger partial charge in [0.15, 0.2) is 6.73 Å². The molecule has 6 heteroatoms. The van der Waals surface area contributed by atoms with E-state index in [9.17, 15) is 14.4 Å². The van der Waals surface area contributed by atoms with Crippen LogP contribution in [-0.4, -0.2) is 36.0 Å². The van der Waals surface area contributed by atoms with Gasteiger partial charge in [0, 0.05) is 0 Å². The zero-order chi connectivity index (χ0) is 17.8. The lowest BCUT2D eigenvalue weighted by molar-refractivity contribution is -0.146. The predicted octanol–water partition coefficient (Wildman–Crippen LogP) is 2.56. The highest BCUT2D eigenvalue weighted by Gasteiger charge is 2.35. The molecule has 2 amide bonds. The predicted molar refractivity (Wildman–Crippen MR) is 89.2 cm³/mol. The van der Waals surface area contributed by atoms with Crippen molar-refractivity contribution in [1.29, 1.82) is 0 Å². The largest absolute Gasteiger partial charge is 0.493 e. The maximum atomic E-state index is 12.1. The molecule has 0 atom stereocenters. The highest BCUT2D eigenvalue weighted by atomic mass is 16.5. The Hall–Kier alpha value is -3.15.